The van der Waals surface area contributed by atoms with Gasteiger partial charge in [-0.15, -0.1) is 0 Å². The van der Waals surface area contributed by atoms with E-state index in [1.54, 1.807) is 0 Å². The van der Waals surface area contributed by atoms with Crippen LogP contribution in [0.5, 0.6) is 0 Å². The highest BCUT2D eigenvalue weighted by Gasteiger charge is 2.16. The summed E-state index contributed by atoms with van der Waals surface area (Å²) in [5, 5.41) is 10.8. The van der Waals surface area contributed by atoms with Crippen molar-refractivity contribution in [2.45, 2.75) is 6.10 Å². The van der Waals surface area contributed by atoms with Crippen LogP contribution in [0.2, 0.25) is 0 Å². The molecule has 0 saturated heterocycles. The smallest absolute Gasteiger partial charge is 0.106 e. The van der Waals surface area contributed by atoms with E-state index >= 15 is 0 Å². The fourth-order valence-corrected chi connectivity index (χ4v) is 2.98. The molecule has 1 atom stereocenters. The number of aromatic amines is 1. The molecule has 24 heavy (non-hydrogen) atoms. The van der Waals surface area contributed by atoms with E-state index in [1.165, 1.54) is 0 Å². The molecule has 118 valence electrons. The third kappa shape index (κ3) is 2.66. The first kappa shape index (κ1) is 14.5. The van der Waals surface area contributed by atoms with Gasteiger partial charge in [0.25, 0.3) is 0 Å². The molecule has 3 nitrogen and oxygen atoms in total. The maximum atomic E-state index is 10.8. The van der Waals surface area contributed by atoms with Gasteiger partial charge in [0.05, 0.1) is 0 Å². The van der Waals surface area contributed by atoms with Crippen LogP contribution in [-0.4, -0.2) is 14.7 Å². The van der Waals surface area contributed by atoms with Gasteiger partial charge in [0.2, 0.25) is 0 Å². The average Bonchev–Trinajstić information content (AvgIpc) is 3.34. The fourth-order valence-electron chi connectivity index (χ4n) is 2.98. The van der Waals surface area contributed by atoms with Gasteiger partial charge in [-0.3, -0.25) is 0 Å². The number of aromatic nitrogens is 2. The van der Waals surface area contributed by atoms with Crippen molar-refractivity contribution in [3.8, 4) is 16.8 Å². The molecule has 1 unspecified atom stereocenters. The Morgan fingerprint density at radius 2 is 1.50 bits per heavy atom. The van der Waals surface area contributed by atoms with Gasteiger partial charge in [-0.1, -0.05) is 42.5 Å². The van der Waals surface area contributed by atoms with Crippen molar-refractivity contribution in [3.63, 3.8) is 0 Å². The van der Waals surface area contributed by atoms with Crippen molar-refractivity contribution in [3.05, 3.63) is 103 Å². The summed E-state index contributed by atoms with van der Waals surface area (Å²) in [5.74, 6) is 0. The molecule has 0 saturated carbocycles. The molecule has 0 radical (unpaired) electrons. The van der Waals surface area contributed by atoms with E-state index < -0.39 is 6.10 Å². The summed E-state index contributed by atoms with van der Waals surface area (Å²) in [5.41, 5.74) is 4.96. The predicted molar refractivity (Wildman–Crippen MR) is 96.1 cm³/mol. The lowest BCUT2D eigenvalue weighted by molar-refractivity contribution is 0.221. The zero-order chi connectivity index (χ0) is 16.4. The molecule has 3 heteroatoms. The van der Waals surface area contributed by atoms with Crippen molar-refractivity contribution in [2.75, 3.05) is 0 Å². The third-order valence-electron chi connectivity index (χ3n) is 4.27. The zero-order valence-electron chi connectivity index (χ0n) is 13.1. The number of aliphatic hydroxyl groups excluding tert-OH is 1. The van der Waals surface area contributed by atoms with Crippen LogP contribution in [0.3, 0.4) is 0 Å². The standard InChI is InChI=1S/C21H18N2O/c24-21(17-8-10-18(11-9-17)23-12-4-5-13-23)20-15-22-14-19(20)16-6-2-1-3-7-16/h1-15,21-22,24H. The molecule has 2 aromatic heterocycles. The molecule has 0 bridgehead atoms. The maximum Gasteiger partial charge on any atom is 0.106 e. The number of nitrogens with zero attached hydrogens (tertiary/aromatic N) is 1. The molecule has 0 aliphatic rings. The van der Waals surface area contributed by atoms with Crippen molar-refractivity contribution >= 4 is 0 Å². The average molecular weight is 314 g/mol. The summed E-state index contributed by atoms with van der Waals surface area (Å²) in [4.78, 5) is 3.12. The Labute approximate surface area is 140 Å². The Bertz CT molecular complexity index is 906. The van der Waals surface area contributed by atoms with Gasteiger partial charge in [-0.05, 0) is 35.4 Å². The van der Waals surface area contributed by atoms with Crippen LogP contribution < -0.4 is 0 Å². The number of aliphatic hydroxyl groups is 1. The van der Waals surface area contributed by atoms with Crippen molar-refractivity contribution in [1.29, 1.82) is 0 Å². The van der Waals surface area contributed by atoms with Crippen LogP contribution in [0.25, 0.3) is 16.8 Å². The fraction of sp³-hybridized carbons (Fsp3) is 0.0476. The maximum absolute atomic E-state index is 10.8. The molecular weight excluding hydrogens is 296 g/mol. The quantitative estimate of drug-likeness (QED) is 0.570. The first-order chi connectivity index (χ1) is 11.8. The molecule has 0 spiro atoms. The van der Waals surface area contributed by atoms with Crippen molar-refractivity contribution in [2.24, 2.45) is 0 Å². The molecule has 2 heterocycles. The molecule has 4 rings (SSSR count). The highest BCUT2D eigenvalue weighted by molar-refractivity contribution is 5.67. The molecular formula is C21H18N2O. The van der Waals surface area contributed by atoms with Crippen molar-refractivity contribution in [1.82, 2.24) is 9.55 Å². The van der Waals surface area contributed by atoms with E-state index in [1.807, 2.05) is 84.0 Å². The second-order valence-electron chi connectivity index (χ2n) is 5.77. The van der Waals surface area contributed by atoms with Crippen LogP contribution in [0.4, 0.5) is 0 Å². The minimum absolute atomic E-state index is 0.662. The van der Waals surface area contributed by atoms with Gasteiger partial charge in [-0.25, -0.2) is 0 Å². The summed E-state index contributed by atoms with van der Waals surface area (Å²) in [6, 6.07) is 22.1. The minimum Gasteiger partial charge on any atom is -0.384 e. The highest BCUT2D eigenvalue weighted by atomic mass is 16.3. The molecule has 4 aromatic rings. The van der Waals surface area contributed by atoms with Gasteiger partial charge < -0.3 is 14.7 Å². The van der Waals surface area contributed by atoms with Crippen LogP contribution in [0.1, 0.15) is 17.2 Å². The third-order valence-corrected chi connectivity index (χ3v) is 4.27. The molecule has 0 amide bonds. The Balaban J connectivity index is 1.65. The zero-order valence-corrected chi connectivity index (χ0v) is 13.1. The second-order valence-corrected chi connectivity index (χ2v) is 5.77. The molecule has 2 N–H and O–H groups in total. The lowest BCUT2D eigenvalue weighted by atomic mass is 9.96. The summed E-state index contributed by atoms with van der Waals surface area (Å²) in [6.07, 6.45) is 7.15. The number of nitrogens with one attached hydrogen (secondary N) is 1. The minimum atomic E-state index is -0.662. The number of H-pyrrole nitrogens is 1. The van der Waals surface area contributed by atoms with Crippen LogP contribution in [-0.2, 0) is 0 Å². The Morgan fingerprint density at radius 3 is 2.21 bits per heavy atom. The van der Waals surface area contributed by atoms with E-state index in [0.717, 1.165) is 27.9 Å². The lowest BCUT2D eigenvalue weighted by Crippen LogP contribution is -2.00. The van der Waals surface area contributed by atoms with E-state index in [4.69, 9.17) is 0 Å². The summed E-state index contributed by atoms with van der Waals surface area (Å²) >= 11 is 0. The lowest BCUT2D eigenvalue weighted by Gasteiger charge is -2.13. The SMILES string of the molecule is OC(c1ccc(-n2cccc2)cc1)c1c[nH]cc1-c1ccccc1. The highest BCUT2D eigenvalue weighted by Crippen LogP contribution is 2.32. The van der Waals surface area contributed by atoms with E-state index in [9.17, 15) is 5.11 Å². The van der Waals surface area contributed by atoms with Crippen LogP contribution >= 0.6 is 0 Å². The number of benzene rings is 2. The van der Waals surface area contributed by atoms with Crippen molar-refractivity contribution < 1.29 is 5.11 Å². The monoisotopic (exact) mass is 314 g/mol. The van der Waals surface area contributed by atoms with E-state index in [0.29, 0.717) is 0 Å². The Morgan fingerprint density at radius 1 is 0.792 bits per heavy atom. The van der Waals surface area contributed by atoms with Gasteiger partial charge in [0.1, 0.15) is 6.10 Å². The van der Waals surface area contributed by atoms with Gasteiger partial charge >= 0.3 is 0 Å². The largest absolute Gasteiger partial charge is 0.384 e. The number of hydrogen-bond acceptors (Lipinski definition) is 1. The first-order valence-electron chi connectivity index (χ1n) is 7.96. The summed E-state index contributed by atoms with van der Waals surface area (Å²) in [6.45, 7) is 0. The van der Waals surface area contributed by atoms with Crippen LogP contribution in [0.15, 0.2) is 91.5 Å². The number of hydrogen-bond donors (Lipinski definition) is 2. The Kier molecular flexibility index (Phi) is 3.77. The molecule has 0 aliphatic heterocycles. The normalized spacial score (nSPS) is 12.2. The summed E-state index contributed by atoms with van der Waals surface area (Å²) < 4.78 is 2.04. The Hall–Kier alpha value is -3.04. The van der Waals surface area contributed by atoms with Crippen LogP contribution in [0, 0.1) is 0 Å². The van der Waals surface area contributed by atoms with Gasteiger partial charge in [0, 0.05) is 41.6 Å². The first-order valence-corrected chi connectivity index (χ1v) is 7.96. The topological polar surface area (TPSA) is 41.0 Å². The van der Waals surface area contributed by atoms with Gasteiger partial charge in [-0.2, -0.15) is 0 Å². The molecule has 2 aromatic carbocycles. The molecule has 0 aliphatic carbocycles. The van der Waals surface area contributed by atoms with E-state index in [2.05, 4.69) is 17.1 Å². The summed E-state index contributed by atoms with van der Waals surface area (Å²) in [7, 11) is 0. The number of rotatable bonds is 4. The van der Waals surface area contributed by atoms with Gasteiger partial charge in [0.15, 0.2) is 0 Å². The molecule has 0 fully saturated rings. The predicted octanol–water partition coefficient (Wildman–Crippen LogP) is 4.55. The second kappa shape index (κ2) is 6.22. The van der Waals surface area contributed by atoms with E-state index in [-0.39, 0.29) is 0 Å².